The Labute approximate surface area is 142 Å². The van der Waals surface area contributed by atoms with Crippen molar-refractivity contribution in [2.45, 2.75) is 31.4 Å². The van der Waals surface area contributed by atoms with Crippen molar-refractivity contribution in [3.8, 4) is 5.88 Å². The van der Waals surface area contributed by atoms with Gasteiger partial charge in [-0.2, -0.15) is 0 Å². The van der Waals surface area contributed by atoms with Crippen LogP contribution in [0.25, 0.3) is 0 Å². The average Bonchev–Trinajstić information content (AvgIpc) is 2.98. The number of rotatable bonds is 3. The molecule has 4 aliphatic heterocycles. The van der Waals surface area contributed by atoms with Crippen molar-refractivity contribution in [3.63, 3.8) is 0 Å². The summed E-state index contributed by atoms with van der Waals surface area (Å²) in [4.78, 5) is 11.3. The molecule has 6 heterocycles. The summed E-state index contributed by atoms with van der Waals surface area (Å²) in [6.07, 6.45) is 9.10. The van der Waals surface area contributed by atoms with E-state index < -0.39 is 0 Å². The van der Waals surface area contributed by atoms with Crippen LogP contribution in [0.3, 0.4) is 0 Å². The fourth-order valence-corrected chi connectivity index (χ4v) is 4.51. The monoisotopic (exact) mass is 322 g/mol. The van der Waals surface area contributed by atoms with Crippen LogP contribution in [-0.4, -0.2) is 40.1 Å². The first kappa shape index (κ1) is 14.2. The van der Waals surface area contributed by atoms with E-state index in [2.05, 4.69) is 32.3 Å². The predicted molar refractivity (Wildman–Crippen MR) is 92.0 cm³/mol. The zero-order valence-electron chi connectivity index (χ0n) is 13.7. The summed E-state index contributed by atoms with van der Waals surface area (Å²) in [5, 5.41) is 3.45. The minimum absolute atomic E-state index is 0.0200. The predicted octanol–water partition coefficient (Wildman–Crippen LogP) is 2.49. The van der Waals surface area contributed by atoms with Gasteiger partial charge in [0.2, 0.25) is 5.88 Å². The Bertz CT molecular complexity index is 742. The smallest absolute Gasteiger partial charge is 0.217 e. The first-order valence-corrected chi connectivity index (χ1v) is 8.84. The van der Waals surface area contributed by atoms with Gasteiger partial charge in [-0.05, 0) is 43.6 Å². The number of pyridine rings is 2. The molecule has 0 aliphatic carbocycles. The lowest BCUT2D eigenvalue weighted by Gasteiger charge is -2.50. The van der Waals surface area contributed by atoms with E-state index in [0.29, 0.717) is 5.92 Å². The highest BCUT2D eigenvalue weighted by Crippen LogP contribution is 2.46. The highest BCUT2D eigenvalue weighted by atomic mass is 16.5. The number of aromatic nitrogens is 2. The minimum atomic E-state index is -0.0200. The molecule has 2 aromatic rings. The second kappa shape index (κ2) is 5.45. The van der Waals surface area contributed by atoms with Crippen LogP contribution < -0.4 is 10.1 Å². The van der Waals surface area contributed by atoms with E-state index >= 15 is 0 Å². The number of ether oxygens (including phenoxy) is 1. The summed E-state index contributed by atoms with van der Waals surface area (Å²) in [7, 11) is 0. The Morgan fingerprint density at radius 3 is 2.96 bits per heavy atom. The number of fused-ring (bicyclic) bond motifs is 3. The molecule has 0 aromatic carbocycles. The Morgan fingerprint density at radius 1 is 1.29 bits per heavy atom. The third-order valence-corrected chi connectivity index (χ3v) is 5.76. The summed E-state index contributed by atoms with van der Waals surface area (Å²) >= 11 is 0. The van der Waals surface area contributed by atoms with Crippen molar-refractivity contribution in [2.75, 3.05) is 25.0 Å². The van der Waals surface area contributed by atoms with Crippen LogP contribution in [0.1, 0.15) is 24.0 Å². The molecule has 0 radical (unpaired) electrons. The van der Waals surface area contributed by atoms with Crippen LogP contribution in [0, 0.1) is 5.92 Å². The van der Waals surface area contributed by atoms with E-state index in [1.54, 1.807) is 6.20 Å². The van der Waals surface area contributed by atoms with Crippen molar-refractivity contribution in [2.24, 2.45) is 5.92 Å². The topological polar surface area (TPSA) is 50.3 Å². The molecule has 1 spiro atoms. The standard InChI is InChI=1S/C19H22N4O/c1-2-14(10-20-5-1)11-21-17-8-15-9-19(24-18(15)22-12-17)13-23-6-3-16(19)4-7-23/h1-2,5,8,10,12,16,21H,3-4,6-7,9,11,13H2/t19-/m0/s1. The fraction of sp³-hybridized carbons (Fsp3) is 0.474. The second-order valence-electron chi connectivity index (χ2n) is 7.30. The molecular formula is C19H22N4O. The van der Waals surface area contributed by atoms with Crippen LogP contribution in [0.2, 0.25) is 0 Å². The van der Waals surface area contributed by atoms with Crippen LogP contribution >= 0.6 is 0 Å². The number of hydrogen-bond donors (Lipinski definition) is 1. The number of piperidine rings is 3. The summed E-state index contributed by atoms with van der Waals surface area (Å²) < 4.78 is 6.40. The largest absolute Gasteiger partial charge is 0.469 e. The molecule has 1 N–H and O–H groups in total. The van der Waals surface area contributed by atoms with Crippen molar-refractivity contribution >= 4 is 5.69 Å². The Balaban J connectivity index is 1.33. The van der Waals surface area contributed by atoms with Gasteiger partial charge in [0.05, 0.1) is 11.9 Å². The summed E-state index contributed by atoms with van der Waals surface area (Å²) in [5.41, 5.74) is 3.45. The Kier molecular flexibility index (Phi) is 3.23. The van der Waals surface area contributed by atoms with Gasteiger partial charge < -0.3 is 10.1 Å². The van der Waals surface area contributed by atoms with Gasteiger partial charge in [-0.25, -0.2) is 4.98 Å². The molecule has 6 rings (SSSR count). The Hall–Kier alpha value is -2.14. The van der Waals surface area contributed by atoms with E-state index in [4.69, 9.17) is 4.74 Å². The second-order valence-corrected chi connectivity index (χ2v) is 7.30. The lowest BCUT2D eigenvalue weighted by Crippen LogP contribution is -2.61. The minimum Gasteiger partial charge on any atom is -0.469 e. The zero-order chi connectivity index (χ0) is 16.0. The molecule has 0 amide bonds. The highest BCUT2D eigenvalue weighted by Gasteiger charge is 2.52. The molecule has 3 fully saturated rings. The van der Waals surface area contributed by atoms with Crippen LogP contribution in [0.5, 0.6) is 5.88 Å². The zero-order valence-corrected chi connectivity index (χ0v) is 13.7. The number of nitrogens with zero attached hydrogens (tertiary/aromatic N) is 3. The molecule has 5 nitrogen and oxygen atoms in total. The first-order valence-electron chi connectivity index (χ1n) is 8.84. The molecule has 1 atom stereocenters. The van der Waals surface area contributed by atoms with Gasteiger partial charge >= 0.3 is 0 Å². The third kappa shape index (κ3) is 2.35. The molecule has 4 aliphatic rings. The van der Waals surface area contributed by atoms with Crippen molar-refractivity contribution in [1.82, 2.24) is 14.9 Å². The third-order valence-electron chi connectivity index (χ3n) is 5.76. The first-order chi connectivity index (χ1) is 11.8. The van der Waals surface area contributed by atoms with Gasteiger partial charge in [0.15, 0.2) is 0 Å². The van der Waals surface area contributed by atoms with Gasteiger partial charge in [0.25, 0.3) is 0 Å². The summed E-state index contributed by atoms with van der Waals surface area (Å²) in [6, 6.07) is 6.25. The fourth-order valence-electron chi connectivity index (χ4n) is 4.51. The molecule has 0 unspecified atom stereocenters. The molecule has 124 valence electrons. The summed E-state index contributed by atoms with van der Waals surface area (Å²) in [6.45, 7) is 4.29. The van der Waals surface area contributed by atoms with Crippen molar-refractivity contribution < 1.29 is 4.74 Å². The maximum Gasteiger partial charge on any atom is 0.217 e. The molecular weight excluding hydrogens is 300 g/mol. The van der Waals surface area contributed by atoms with Crippen LogP contribution in [-0.2, 0) is 13.0 Å². The lowest BCUT2D eigenvalue weighted by atomic mass is 9.73. The normalized spacial score (nSPS) is 30.2. The van der Waals surface area contributed by atoms with Crippen molar-refractivity contribution in [1.29, 1.82) is 0 Å². The van der Waals surface area contributed by atoms with E-state index in [0.717, 1.165) is 31.1 Å². The van der Waals surface area contributed by atoms with Gasteiger partial charge in [-0.15, -0.1) is 0 Å². The number of anilines is 1. The van der Waals surface area contributed by atoms with Crippen LogP contribution in [0.15, 0.2) is 36.8 Å². The van der Waals surface area contributed by atoms with Gasteiger partial charge in [0.1, 0.15) is 5.60 Å². The maximum atomic E-state index is 6.40. The molecule has 3 saturated heterocycles. The van der Waals surface area contributed by atoms with Crippen LogP contribution in [0.4, 0.5) is 5.69 Å². The highest BCUT2D eigenvalue weighted by molar-refractivity contribution is 5.49. The molecule has 0 saturated carbocycles. The Morgan fingerprint density at radius 2 is 2.21 bits per heavy atom. The average molecular weight is 322 g/mol. The molecule has 5 heteroatoms. The van der Waals surface area contributed by atoms with E-state index in [1.165, 1.54) is 37.1 Å². The SMILES string of the molecule is c1cncc(CNc2cnc3c(c2)C[C@@]2(CN4CCC2CC4)O3)c1. The summed E-state index contributed by atoms with van der Waals surface area (Å²) in [5.74, 6) is 1.53. The number of hydrogen-bond acceptors (Lipinski definition) is 5. The van der Waals surface area contributed by atoms with Gasteiger partial charge in [0, 0.05) is 43.4 Å². The number of nitrogens with one attached hydrogen (secondary N) is 1. The van der Waals surface area contributed by atoms with E-state index in [9.17, 15) is 0 Å². The molecule has 24 heavy (non-hydrogen) atoms. The van der Waals surface area contributed by atoms with Gasteiger partial charge in [-0.1, -0.05) is 6.07 Å². The lowest BCUT2D eigenvalue weighted by molar-refractivity contribution is -0.0814. The van der Waals surface area contributed by atoms with Crippen molar-refractivity contribution in [3.05, 3.63) is 47.9 Å². The quantitative estimate of drug-likeness (QED) is 0.941. The molecule has 2 aromatic heterocycles. The molecule has 2 bridgehead atoms. The van der Waals surface area contributed by atoms with Gasteiger partial charge in [-0.3, -0.25) is 9.88 Å². The van der Waals surface area contributed by atoms with E-state index in [-0.39, 0.29) is 5.60 Å². The maximum absolute atomic E-state index is 6.40. The van der Waals surface area contributed by atoms with E-state index in [1.807, 2.05) is 18.5 Å².